The molecule has 0 bridgehead atoms. The number of nitrogens with one attached hydrogen (secondary N) is 2. The fourth-order valence-corrected chi connectivity index (χ4v) is 10.0. The molecule has 2 unspecified atom stereocenters. The van der Waals surface area contributed by atoms with Crippen molar-refractivity contribution in [3.8, 4) is 0 Å². The van der Waals surface area contributed by atoms with E-state index in [9.17, 15) is 18.3 Å². The van der Waals surface area contributed by atoms with Crippen molar-refractivity contribution in [2.24, 2.45) is 23.7 Å². The van der Waals surface area contributed by atoms with Gasteiger partial charge in [-0.2, -0.15) is 4.31 Å². The number of hydrogen-bond acceptors (Lipinski definition) is 10. The Morgan fingerprint density at radius 3 is 2.70 bits per heavy atom. The number of thiazole rings is 1. The first-order valence-electron chi connectivity index (χ1n) is 16.7. The van der Waals surface area contributed by atoms with Crippen LogP contribution in [0, 0.1) is 23.7 Å². The van der Waals surface area contributed by atoms with Gasteiger partial charge in [0.25, 0.3) is 0 Å². The molecule has 11 nitrogen and oxygen atoms in total. The highest BCUT2D eigenvalue weighted by molar-refractivity contribution is 7.89. The van der Waals surface area contributed by atoms with Crippen LogP contribution in [0.5, 0.6) is 0 Å². The maximum absolute atomic E-state index is 14.1. The van der Waals surface area contributed by atoms with E-state index in [1.54, 1.807) is 18.2 Å². The number of rotatable bonds is 13. The molecule has 254 valence electrons. The van der Waals surface area contributed by atoms with E-state index >= 15 is 0 Å². The van der Waals surface area contributed by atoms with E-state index in [-0.39, 0.29) is 48.1 Å². The quantitative estimate of drug-likeness (QED) is 0.236. The standard InChI is InChI=1S/C34H44N4O7S2/c1-20(2)17-38(47(41,42)24-10-11-26-30(16-24)46-33(36-26)35-23-8-9-23)18-28(39)27(14-21-6-4-3-5-7-21)37-34(40)45-29-15-22-19-44-32-31(22)25(29)12-13-43-32/h3-7,10-11,16,20,22-23,25,27-29,31-32,39H,8-9,12-15,17-19H2,1-2H3,(H,35,36)(H,37,40)/t22?,25?,27-,28+,29-,31+,32+/m0/s1. The van der Waals surface area contributed by atoms with Crippen LogP contribution in [0.25, 0.3) is 10.2 Å². The van der Waals surface area contributed by atoms with Crippen molar-refractivity contribution in [2.45, 2.75) is 81.4 Å². The van der Waals surface area contributed by atoms with Crippen LogP contribution < -0.4 is 10.6 Å². The number of sulfonamides is 1. The minimum absolute atomic E-state index is 0.00181. The number of alkyl carbamates (subject to hydrolysis) is 1. The normalized spacial score (nSPS) is 26.8. The van der Waals surface area contributed by atoms with Gasteiger partial charge in [0.1, 0.15) is 6.10 Å². The molecule has 3 heterocycles. The molecule has 1 amide bonds. The zero-order chi connectivity index (χ0) is 32.7. The summed E-state index contributed by atoms with van der Waals surface area (Å²) >= 11 is 1.44. The van der Waals surface area contributed by atoms with Gasteiger partial charge in [-0.25, -0.2) is 18.2 Å². The highest BCUT2D eigenvalue weighted by Crippen LogP contribution is 2.50. The van der Waals surface area contributed by atoms with Gasteiger partial charge in [-0.15, -0.1) is 0 Å². The van der Waals surface area contributed by atoms with Gasteiger partial charge in [0.15, 0.2) is 11.4 Å². The summed E-state index contributed by atoms with van der Waals surface area (Å²) < 4.78 is 48.0. The molecule has 4 fully saturated rings. The predicted molar refractivity (Wildman–Crippen MR) is 179 cm³/mol. The Morgan fingerprint density at radius 1 is 1.13 bits per heavy atom. The highest BCUT2D eigenvalue weighted by atomic mass is 32.2. The summed E-state index contributed by atoms with van der Waals surface area (Å²) in [7, 11) is -3.99. The Hall–Kier alpha value is -2.81. The number of aromatic nitrogens is 1. The first-order chi connectivity index (χ1) is 22.6. The number of carbonyl (C=O) groups is 1. The average Bonchev–Trinajstić information content (AvgIpc) is 3.45. The summed E-state index contributed by atoms with van der Waals surface area (Å²) in [6, 6.07) is 14.2. The Kier molecular flexibility index (Phi) is 9.47. The molecule has 13 heteroatoms. The number of aliphatic hydroxyl groups is 1. The molecule has 2 aliphatic heterocycles. The molecule has 3 N–H and O–H groups in total. The molecule has 0 spiro atoms. The van der Waals surface area contributed by atoms with Gasteiger partial charge in [0.05, 0.1) is 40.5 Å². The minimum Gasteiger partial charge on any atom is -0.446 e. The fourth-order valence-electron chi connectivity index (χ4n) is 7.32. The van der Waals surface area contributed by atoms with Crippen molar-refractivity contribution in [1.82, 2.24) is 14.6 Å². The summed E-state index contributed by atoms with van der Waals surface area (Å²) in [6.07, 6.45) is 1.77. The van der Waals surface area contributed by atoms with Crippen molar-refractivity contribution in [3.05, 3.63) is 54.1 Å². The summed E-state index contributed by atoms with van der Waals surface area (Å²) in [4.78, 5) is 18.2. The van der Waals surface area contributed by atoms with Crippen molar-refractivity contribution in [1.29, 1.82) is 0 Å². The first-order valence-corrected chi connectivity index (χ1v) is 19.0. The lowest BCUT2D eigenvalue weighted by Crippen LogP contribution is -2.51. The second-order valence-corrected chi connectivity index (χ2v) is 16.8. The number of hydrogen-bond donors (Lipinski definition) is 3. The molecule has 3 aromatic rings. The van der Waals surface area contributed by atoms with Crippen LogP contribution in [0.15, 0.2) is 53.4 Å². The van der Waals surface area contributed by atoms with E-state index in [0.29, 0.717) is 31.6 Å². The van der Waals surface area contributed by atoms with Crippen molar-refractivity contribution in [3.63, 3.8) is 0 Å². The minimum atomic E-state index is -3.99. The average molecular weight is 685 g/mol. The molecule has 7 atom stereocenters. The maximum Gasteiger partial charge on any atom is 0.407 e. The third-order valence-corrected chi connectivity index (χ3v) is 12.5. The van der Waals surface area contributed by atoms with Gasteiger partial charge >= 0.3 is 6.09 Å². The number of anilines is 1. The number of aliphatic hydroxyl groups excluding tert-OH is 1. The summed E-state index contributed by atoms with van der Waals surface area (Å²) in [6.45, 7) is 5.07. The summed E-state index contributed by atoms with van der Waals surface area (Å²) in [5.41, 5.74) is 1.65. The number of fused-ring (bicyclic) bond motifs is 1. The third kappa shape index (κ3) is 7.30. The Bertz CT molecular complexity index is 1660. The first kappa shape index (κ1) is 32.7. The lowest BCUT2D eigenvalue weighted by atomic mass is 9.87. The molecule has 0 radical (unpaired) electrons. The van der Waals surface area contributed by atoms with E-state index in [1.807, 2.05) is 44.2 Å². The van der Waals surface area contributed by atoms with Crippen molar-refractivity contribution in [2.75, 3.05) is 31.6 Å². The van der Waals surface area contributed by atoms with Crippen LogP contribution in [0.1, 0.15) is 45.1 Å². The molecular formula is C34H44N4O7S2. The van der Waals surface area contributed by atoms with Gasteiger partial charge in [0, 0.05) is 31.0 Å². The summed E-state index contributed by atoms with van der Waals surface area (Å²) in [5, 5.41) is 18.8. The second kappa shape index (κ2) is 13.6. The van der Waals surface area contributed by atoms with Crippen LogP contribution in [0.2, 0.25) is 0 Å². The molecule has 2 saturated carbocycles. The number of carbonyl (C=O) groups excluding carboxylic acids is 1. The van der Waals surface area contributed by atoms with Gasteiger partial charge in [-0.05, 0) is 67.7 Å². The zero-order valence-corrected chi connectivity index (χ0v) is 28.4. The molecule has 1 aromatic heterocycles. The summed E-state index contributed by atoms with van der Waals surface area (Å²) in [5.74, 6) is 0.701. The molecule has 47 heavy (non-hydrogen) atoms. The monoisotopic (exact) mass is 684 g/mol. The third-order valence-electron chi connectivity index (χ3n) is 9.76. The van der Waals surface area contributed by atoms with Crippen molar-refractivity contribution < 1.29 is 32.5 Å². The molecule has 2 aliphatic carbocycles. The smallest absolute Gasteiger partial charge is 0.407 e. The lowest BCUT2D eigenvalue weighted by molar-refractivity contribution is -0.173. The Balaban J connectivity index is 1.08. The lowest BCUT2D eigenvalue weighted by Gasteiger charge is -2.33. The molecule has 2 saturated heterocycles. The molecule has 7 rings (SSSR count). The van der Waals surface area contributed by atoms with Crippen LogP contribution >= 0.6 is 11.3 Å². The van der Waals surface area contributed by atoms with E-state index in [4.69, 9.17) is 14.2 Å². The topological polar surface area (TPSA) is 139 Å². The zero-order valence-electron chi connectivity index (χ0n) is 26.8. The van der Waals surface area contributed by atoms with Crippen LogP contribution in [0.3, 0.4) is 0 Å². The Labute approximate surface area is 280 Å². The molecule has 4 aliphatic rings. The van der Waals surface area contributed by atoms with Crippen LogP contribution in [0.4, 0.5) is 9.93 Å². The SMILES string of the molecule is CC(C)CN(C[C@@H](O)[C@H](Cc1ccccc1)NC(=O)O[C@H]1CC2CO[C@H]3OCCC1[C@@H]23)S(=O)(=O)c1ccc2nc(NC3CC3)sc2c1. The number of nitrogens with zero attached hydrogens (tertiary/aromatic N) is 2. The maximum atomic E-state index is 14.1. The van der Waals surface area contributed by atoms with Gasteiger partial charge < -0.3 is 30.0 Å². The molecule has 2 aromatic carbocycles. The van der Waals surface area contributed by atoms with Crippen LogP contribution in [-0.4, -0.2) is 85.8 Å². The number of ether oxygens (including phenoxy) is 3. The van der Waals surface area contributed by atoms with Gasteiger partial charge in [-0.3, -0.25) is 0 Å². The van der Waals surface area contributed by atoms with E-state index in [2.05, 4.69) is 15.6 Å². The predicted octanol–water partition coefficient (Wildman–Crippen LogP) is 4.61. The fraction of sp³-hybridized carbons (Fsp3) is 0.588. The van der Waals surface area contributed by atoms with Crippen LogP contribution in [-0.2, 0) is 30.7 Å². The Morgan fingerprint density at radius 2 is 1.94 bits per heavy atom. The van der Waals surface area contributed by atoms with Crippen molar-refractivity contribution >= 4 is 42.8 Å². The molecular weight excluding hydrogens is 641 g/mol. The van der Waals surface area contributed by atoms with Gasteiger partial charge in [-0.1, -0.05) is 55.5 Å². The largest absolute Gasteiger partial charge is 0.446 e. The number of benzene rings is 2. The second-order valence-electron chi connectivity index (χ2n) is 13.8. The van der Waals surface area contributed by atoms with Gasteiger partial charge in [0.2, 0.25) is 10.0 Å². The van der Waals surface area contributed by atoms with E-state index < -0.39 is 28.3 Å². The van der Waals surface area contributed by atoms with E-state index in [1.165, 1.54) is 15.6 Å². The number of amides is 1. The highest BCUT2D eigenvalue weighted by Gasteiger charge is 2.55. The van der Waals surface area contributed by atoms with E-state index in [0.717, 1.165) is 46.6 Å².